The van der Waals surface area contributed by atoms with Crippen molar-refractivity contribution in [3.05, 3.63) is 39.6 Å². The normalized spacial score (nSPS) is 11.1. The summed E-state index contributed by atoms with van der Waals surface area (Å²) in [4.78, 5) is 12.5. The minimum Gasteiger partial charge on any atom is -0.449 e. The molecular weight excluding hydrogens is 346 g/mol. The molecule has 126 valence electrons. The summed E-state index contributed by atoms with van der Waals surface area (Å²) in [5.41, 5.74) is 1.29. The summed E-state index contributed by atoms with van der Waals surface area (Å²) >= 11 is 7.53. The van der Waals surface area contributed by atoms with Gasteiger partial charge in [-0.15, -0.1) is 10.2 Å². The lowest BCUT2D eigenvalue weighted by Gasteiger charge is -1.98. The second kappa shape index (κ2) is 7.32. The maximum Gasteiger partial charge on any atom is 0.293 e. The highest BCUT2D eigenvalue weighted by Crippen LogP contribution is 2.31. The van der Waals surface area contributed by atoms with Gasteiger partial charge in [-0.3, -0.25) is 10.1 Å². The Labute approximate surface area is 149 Å². The van der Waals surface area contributed by atoms with Crippen LogP contribution in [0.5, 0.6) is 0 Å². The van der Waals surface area contributed by atoms with Gasteiger partial charge in [0.15, 0.2) is 11.3 Å². The maximum absolute atomic E-state index is 12.5. The SMILES string of the molecule is CCCCCc1nnc(NC(=O)c2oc3c(Cl)cccc3c2C)s1. The van der Waals surface area contributed by atoms with Gasteiger partial charge in [0, 0.05) is 17.4 Å². The van der Waals surface area contributed by atoms with E-state index in [1.54, 1.807) is 6.07 Å². The van der Waals surface area contributed by atoms with Crippen molar-refractivity contribution in [1.29, 1.82) is 0 Å². The first kappa shape index (κ1) is 16.9. The quantitative estimate of drug-likeness (QED) is 0.609. The lowest BCUT2D eigenvalue weighted by Crippen LogP contribution is -2.11. The predicted octanol–water partition coefficient (Wildman–Crippen LogP) is 5.23. The van der Waals surface area contributed by atoms with E-state index >= 15 is 0 Å². The molecule has 0 saturated heterocycles. The molecule has 7 heteroatoms. The molecule has 1 N–H and O–H groups in total. The summed E-state index contributed by atoms with van der Waals surface area (Å²) in [6.07, 6.45) is 4.30. The van der Waals surface area contributed by atoms with Crippen LogP contribution in [0.25, 0.3) is 11.0 Å². The van der Waals surface area contributed by atoms with Crippen LogP contribution < -0.4 is 5.32 Å². The van der Waals surface area contributed by atoms with Gasteiger partial charge in [-0.25, -0.2) is 0 Å². The Bertz CT molecular complexity index is 872. The molecule has 1 amide bonds. The fourth-order valence-electron chi connectivity index (χ4n) is 2.51. The van der Waals surface area contributed by atoms with Crippen molar-refractivity contribution >= 4 is 44.9 Å². The van der Waals surface area contributed by atoms with Crippen molar-refractivity contribution in [2.45, 2.75) is 39.5 Å². The number of anilines is 1. The number of halogens is 1. The molecule has 24 heavy (non-hydrogen) atoms. The molecular formula is C17H18ClN3O2S. The molecule has 0 unspecified atom stereocenters. The average molecular weight is 364 g/mol. The number of para-hydroxylation sites is 1. The molecule has 0 aliphatic heterocycles. The number of aromatic nitrogens is 2. The largest absolute Gasteiger partial charge is 0.449 e. The summed E-state index contributed by atoms with van der Waals surface area (Å²) in [7, 11) is 0. The van der Waals surface area contributed by atoms with Gasteiger partial charge < -0.3 is 4.42 Å². The third-order valence-electron chi connectivity index (χ3n) is 3.80. The fraction of sp³-hybridized carbons (Fsp3) is 0.353. The summed E-state index contributed by atoms with van der Waals surface area (Å²) < 4.78 is 5.66. The zero-order valence-electron chi connectivity index (χ0n) is 13.6. The van der Waals surface area contributed by atoms with E-state index in [4.69, 9.17) is 16.0 Å². The van der Waals surface area contributed by atoms with Gasteiger partial charge in [-0.1, -0.05) is 54.8 Å². The van der Waals surface area contributed by atoms with Crippen LogP contribution in [0.4, 0.5) is 5.13 Å². The predicted molar refractivity (Wildman–Crippen MR) is 97.1 cm³/mol. The van der Waals surface area contributed by atoms with Crippen LogP contribution in [0.3, 0.4) is 0 Å². The Kier molecular flexibility index (Phi) is 5.16. The van der Waals surface area contributed by atoms with Crippen LogP contribution in [0.2, 0.25) is 5.02 Å². The highest BCUT2D eigenvalue weighted by Gasteiger charge is 2.20. The van der Waals surface area contributed by atoms with Gasteiger partial charge in [0.05, 0.1) is 5.02 Å². The van der Waals surface area contributed by atoms with Gasteiger partial charge in [-0.2, -0.15) is 0 Å². The van der Waals surface area contributed by atoms with Gasteiger partial charge in [-0.05, 0) is 19.4 Å². The number of nitrogens with zero attached hydrogens (tertiary/aromatic N) is 2. The van der Waals surface area contributed by atoms with E-state index in [1.165, 1.54) is 17.8 Å². The molecule has 1 aromatic carbocycles. The molecule has 0 bridgehead atoms. The number of hydrogen-bond donors (Lipinski definition) is 1. The molecule has 5 nitrogen and oxygen atoms in total. The summed E-state index contributed by atoms with van der Waals surface area (Å²) in [5.74, 6) is -0.0862. The molecule has 3 rings (SSSR count). The number of aryl methyl sites for hydroxylation is 2. The number of nitrogens with one attached hydrogen (secondary N) is 1. The number of carbonyl (C=O) groups excluding carboxylic acids is 1. The van der Waals surface area contributed by atoms with Crippen LogP contribution in [-0.4, -0.2) is 16.1 Å². The van der Waals surface area contributed by atoms with E-state index in [2.05, 4.69) is 22.4 Å². The van der Waals surface area contributed by atoms with Gasteiger partial charge in [0.1, 0.15) is 5.01 Å². The van der Waals surface area contributed by atoms with Crippen molar-refractivity contribution in [2.75, 3.05) is 5.32 Å². The first-order valence-electron chi connectivity index (χ1n) is 7.91. The molecule has 0 saturated carbocycles. The van der Waals surface area contributed by atoms with E-state index in [9.17, 15) is 4.79 Å². The Hall–Kier alpha value is -1.92. The van der Waals surface area contributed by atoms with Crippen LogP contribution >= 0.6 is 22.9 Å². The van der Waals surface area contributed by atoms with E-state index in [0.29, 0.717) is 15.7 Å². The molecule has 3 aromatic rings. The van der Waals surface area contributed by atoms with E-state index in [0.717, 1.165) is 35.2 Å². The van der Waals surface area contributed by atoms with Crippen LogP contribution in [0.1, 0.15) is 47.3 Å². The second-order valence-corrected chi connectivity index (χ2v) is 7.05. The van der Waals surface area contributed by atoms with Gasteiger partial charge in [0.25, 0.3) is 5.91 Å². The standard InChI is InChI=1S/C17H18ClN3O2S/c1-3-4-5-9-13-20-21-17(24-13)19-16(22)14-10(2)11-7-6-8-12(18)15(11)23-14/h6-8H,3-5,9H2,1-2H3,(H,19,21,22). The topological polar surface area (TPSA) is 68.0 Å². The van der Waals surface area contributed by atoms with Crippen LogP contribution in [0.15, 0.2) is 22.6 Å². The third kappa shape index (κ3) is 3.44. The van der Waals surface area contributed by atoms with E-state index in [-0.39, 0.29) is 11.7 Å². The average Bonchev–Trinajstić information content (AvgIpc) is 3.14. The highest BCUT2D eigenvalue weighted by atomic mass is 35.5. The Balaban J connectivity index is 1.76. The minimum atomic E-state index is -0.337. The summed E-state index contributed by atoms with van der Waals surface area (Å²) in [6, 6.07) is 5.46. The van der Waals surface area contributed by atoms with Crippen molar-refractivity contribution in [3.63, 3.8) is 0 Å². The molecule has 0 aliphatic carbocycles. The number of fused-ring (bicyclic) bond motifs is 1. The molecule has 0 fully saturated rings. The van der Waals surface area contributed by atoms with Crippen LogP contribution in [-0.2, 0) is 6.42 Å². The highest BCUT2D eigenvalue weighted by molar-refractivity contribution is 7.15. The number of furan rings is 1. The number of amides is 1. The Morgan fingerprint density at radius 1 is 1.33 bits per heavy atom. The smallest absolute Gasteiger partial charge is 0.293 e. The number of benzene rings is 1. The number of carbonyl (C=O) groups is 1. The monoisotopic (exact) mass is 363 g/mol. The van der Waals surface area contributed by atoms with Crippen molar-refractivity contribution in [1.82, 2.24) is 10.2 Å². The molecule has 0 aliphatic rings. The zero-order chi connectivity index (χ0) is 17.1. The molecule has 0 atom stereocenters. The zero-order valence-corrected chi connectivity index (χ0v) is 15.1. The lowest BCUT2D eigenvalue weighted by atomic mass is 10.1. The lowest BCUT2D eigenvalue weighted by molar-refractivity contribution is 0.0998. The third-order valence-corrected chi connectivity index (χ3v) is 5.00. The summed E-state index contributed by atoms with van der Waals surface area (Å²) in [5, 5.41) is 13.7. The number of hydrogen-bond acceptors (Lipinski definition) is 5. The Morgan fingerprint density at radius 2 is 2.17 bits per heavy atom. The number of rotatable bonds is 6. The molecule has 2 heterocycles. The molecule has 2 aromatic heterocycles. The van der Waals surface area contributed by atoms with Crippen molar-refractivity contribution < 1.29 is 9.21 Å². The fourth-order valence-corrected chi connectivity index (χ4v) is 3.50. The summed E-state index contributed by atoms with van der Waals surface area (Å²) in [6.45, 7) is 4.00. The Morgan fingerprint density at radius 3 is 2.92 bits per heavy atom. The first-order valence-corrected chi connectivity index (χ1v) is 9.11. The maximum atomic E-state index is 12.5. The second-order valence-electron chi connectivity index (χ2n) is 5.58. The first-order chi connectivity index (χ1) is 11.6. The van der Waals surface area contributed by atoms with Crippen molar-refractivity contribution in [3.8, 4) is 0 Å². The van der Waals surface area contributed by atoms with Gasteiger partial charge in [0.2, 0.25) is 5.13 Å². The van der Waals surface area contributed by atoms with Gasteiger partial charge >= 0.3 is 0 Å². The molecule has 0 radical (unpaired) electrons. The molecule has 0 spiro atoms. The van der Waals surface area contributed by atoms with E-state index < -0.39 is 0 Å². The van der Waals surface area contributed by atoms with Crippen molar-refractivity contribution in [2.24, 2.45) is 0 Å². The van der Waals surface area contributed by atoms with Crippen LogP contribution in [0, 0.1) is 6.92 Å². The number of unbranched alkanes of at least 4 members (excludes halogenated alkanes) is 2. The minimum absolute atomic E-state index is 0.251. The van der Waals surface area contributed by atoms with E-state index in [1.807, 2.05) is 19.1 Å².